The van der Waals surface area contributed by atoms with Crippen LogP contribution in [0.1, 0.15) is 12.5 Å². The van der Waals surface area contributed by atoms with Crippen LogP contribution in [-0.4, -0.2) is 31.1 Å². The van der Waals surface area contributed by atoms with Gasteiger partial charge in [-0.05, 0) is 30.7 Å². The molecule has 17 heavy (non-hydrogen) atoms. The minimum atomic E-state index is -0.648. The molecule has 1 amide bonds. The van der Waals surface area contributed by atoms with Crippen LogP contribution in [-0.2, 0) is 4.74 Å². The van der Waals surface area contributed by atoms with E-state index in [-0.39, 0.29) is 5.75 Å². The van der Waals surface area contributed by atoms with Crippen molar-refractivity contribution in [3.63, 3.8) is 0 Å². The van der Waals surface area contributed by atoms with Crippen molar-refractivity contribution in [2.45, 2.75) is 6.92 Å². The zero-order chi connectivity index (χ0) is 12.7. The molecule has 0 saturated heterocycles. The van der Waals surface area contributed by atoms with Crippen LogP contribution in [0.3, 0.4) is 0 Å². The van der Waals surface area contributed by atoms with Crippen LogP contribution < -0.4 is 10.2 Å². The Bertz CT molecular complexity index is 418. The van der Waals surface area contributed by atoms with Crippen molar-refractivity contribution in [3.8, 4) is 11.5 Å². The van der Waals surface area contributed by atoms with Gasteiger partial charge in [0.2, 0.25) is 0 Å². The number of aromatic hydroxyl groups is 1. The Hall–Kier alpha value is -2.24. The third-order valence-corrected chi connectivity index (χ3v) is 1.84. The topological polar surface area (TPSA) is 80.2 Å². The Labute approximate surface area is 98.9 Å². The molecule has 1 rings (SSSR count). The molecule has 1 aromatic carbocycles. The maximum atomic E-state index is 10.7. The molecule has 0 bridgehead atoms. The van der Waals surface area contributed by atoms with Crippen molar-refractivity contribution in [2.75, 3.05) is 13.7 Å². The van der Waals surface area contributed by atoms with Crippen LogP contribution in [0.5, 0.6) is 11.5 Å². The molecule has 1 aromatic rings. The minimum absolute atomic E-state index is 0.0601. The van der Waals surface area contributed by atoms with Crippen LogP contribution in [0.2, 0.25) is 0 Å². The molecule has 2 N–H and O–H groups in total. The lowest BCUT2D eigenvalue weighted by molar-refractivity contribution is 0.171. The molecular formula is C11H14N2O4. The van der Waals surface area contributed by atoms with Crippen LogP contribution in [0.15, 0.2) is 23.3 Å². The van der Waals surface area contributed by atoms with E-state index in [1.807, 2.05) is 6.92 Å². The molecule has 0 heterocycles. The number of carbonyl (C=O) groups excluding carboxylic acids is 1. The SMILES string of the molecule is CCOc1cc(/C=N/NC(=O)OC)ccc1O. The molecule has 0 saturated carbocycles. The van der Waals surface area contributed by atoms with E-state index in [4.69, 9.17) is 4.74 Å². The van der Waals surface area contributed by atoms with Crippen molar-refractivity contribution >= 4 is 12.3 Å². The molecule has 6 nitrogen and oxygen atoms in total. The first-order valence-corrected chi connectivity index (χ1v) is 5.00. The van der Waals surface area contributed by atoms with E-state index in [0.29, 0.717) is 17.9 Å². The highest BCUT2D eigenvalue weighted by Gasteiger charge is 2.02. The second kappa shape index (κ2) is 6.37. The molecule has 0 radical (unpaired) electrons. The number of hydrazone groups is 1. The molecule has 6 heteroatoms. The molecule has 0 aliphatic carbocycles. The highest BCUT2D eigenvalue weighted by Crippen LogP contribution is 2.25. The molecule has 0 unspecified atom stereocenters. The first-order valence-electron chi connectivity index (χ1n) is 5.00. The number of phenols is 1. The third kappa shape index (κ3) is 4.02. The van der Waals surface area contributed by atoms with Gasteiger partial charge in [0.1, 0.15) is 0 Å². The average molecular weight is 238 g/mol. The molecule has 0 aliphatic rings. The lowest BCUT2D eigenvalue weighted by Crippen LogP contribution is -2.16. The van der Waals surface area contributed by atoms with Gasteiger partial charge < -0.3 is 14.6 Å². The van der Waals surface area contributed by atoms with E-state index < -0.39 is 6.09 Å². The largest absolute Gasteiger partial charge is 0.504 e. The standard InChI is InChI=1S/C11H14N2O4/c1-3-17-10-6-8(4-5-9(10)14)7-12-13-11(15)16-2/h4-7,14H,3H2,1-2H3,(H,13,15)/b12-7+. The predicted octanol–water partition coefficient (Wildman–Crippen LogP) is 1.48. The van der Waals surface area contributed by atoms with E-state index in [1.165, 1.54) is 19.4 Å². The van der Waals surface area contributed by atoms with Crippen molar-refractivity contribution in [2.24, 2.45) is 5.10 Å². The first kappa shape index (κ1) is 12.8. The van der Waals surface area contributed by atoms with E-state index >= 15 is 0 Å². The smallest absolute Gasteiger partial charge is 0.427 e. The molecule has 0 atom stereocenters. The van der Waals surface area contributed by atoms with E-state index in [2.05, 4.69) is 15.3 Å². The highest BCUT2D eigenvalue weighted by atomic mass is 16.5. The Morgan fingerprint density at radius 3 is 3.00 bits per heavy atom. The first-order chi connectivity index (χ1) is 8.17. The van der Waals surface area contributed by atoms with Crippen LogP contribution >= 0.6 is 0 Å². The van der Waals surface area contributed by atoms with Gasteiger partial charge in [-0.3, -0.25) is 0 Å². The normalized spacial score (nSPS) is 10.2. The van der Waals surface area contributed by atoms with Gasteiger partial charge in [0, 0.05) is 0 Å². The van der Waals surface area contributed by atoms with Crippen LogP contribution in [0.25, 0.3) is 0 Å². The summed E-state index contributed by atoms with van der Waals surface area (Å²) in [5, 5.41) is 13.1. The summed E-state index contributed by atoms with van der Waals surface area (Å²) < 4.78 is 9.54. The molecular weight excluding hydrogens is 224 g/mol. The zero-order valence-corrected chi connectivity index (χ0v) is 9.64. The van der Waals surface area contributed by atoms with Gasteiger partial charge in [-0.15, -0.1) is 0 Å². The van der Waals surface area contributed by atoms with Crippen molar-refractivity contribution < 1.29 is 19.4 Å². The number of amides is 1. The van der Waals surface area contributed by atoms with Crippen molar-refractivity contribution in [1.29, 1.82) is 0 Å². The molecule has 0 aromatic heterocycles. The number of ether oxygens (including phenoxy) is 2. The van der Waals surface area contributed by atoms with E-state index in [0.717, 1.165) is 0 Å². The van der Waals surface area contributed by atoms with Gasteiger partial charge >= 0.3 is 6.09 Å². The summed E-state index contributed by atoms with van der Waals surface area (Å²) >= 11 is 0. The molecule has 0 aliphatic heterocycles. The van der Waals surface area contributed by atoms with Crippen molar-refractivity contribution in [1.82, 2.24) is 5.43 Å². The molecule has 0 fully saturated rings. The number of hydrogen-bond acceptors (Lipinski definition) is 5. The Morgan fingerprint density at radius 2 is 2.35 bits per heavy atom. The van der Waals surface area contributed by atoms with Gasteiger partial charge in [-0.25, -0.2) is 10.2 Å². The van der Waals surface area contributed by atoms with E-state index in [1.54, 1.807) is 12.1 Å². The number of rotatable bonds is 4. The summed E-state index contributed by atoms with van der Waals surface area (Å²) in [6.07, 6.45) is 0.767. The fraction of sp³-hybridized carbons (Fsp3) is 0.273. The number of methoxy groups -OCH3 is 1. The Kier molecular flexibility index (Phi) is 4.80. The summed E-state index contributed by atoms with van der Waals surface area (Å²) in [5.74, 6) is 0.430. The molecule has 0 spiro atoms. The van der Waals surface area contributed by atoms with Crippen molar-refractivity contribution in [3.05, 3.63) is 23.8 Å². The predicted molar refractivity (Wildman–Crippen MR) is 62.4 cm³/mol. The second-order valence-electron chi connectivity index (χ2n) is 3.02. The molecule has 92 valence electrons. The second-order valence-corrected chi connectivity index (χ2v) is 3.02. The maximum absolute atomic E-state index is 10.7. The van der Waals surface area contributed by atoms with Crippen LogP contribution in [0, 0.1) is 0 Å². The maximum Gasteiger partial charge on any atom is 0.427 e. The summed E-state index contributed by atoms with van der Waals surface area (Å²) in [4.78, 5) is 10.7. The van der Waals surface area contributed by atoms with Gasteiger partial charge in [-0.2, -0.15) is 5.10 Å². The fourth-order valence-corrected chi connectivity index (χ4v) is 1.09. The third-order valence-electron chi connectivity index (χ3n) is 1.84. The summed E-state index contributed by atoms with van der Waals surface area (Å²) in [5.41, 5.74) is 2.83. The van der Waals surface area contributed by atoms with E-state index in [9.17, 15) is 9.90 Å². The zero-order valence-electron chi connectivity index (χ0n) is 9.64. The summed E-state index contributed by atoms with van der Waals surface area (Å²) in [7, 11) is 1.25. The minimum Gasteiger partial charge on any atom is -0.504 e. The Balaban J connectivity index is 2.71. The fourth-order valence-electron chi connectivity index (χ4n) is 1.09. The number of carbonyl (C=O) groups is 1. The Morgan fingerprint density at radius 1 is 1.59 bits per heavy atom. The quantitative estimate of drug-likeness (QED) is 0.615. The van der Waals surface area contributed by atoms with Gasteiger partial charge in [-0.1, -0.05) is 0 Å². The average Bonchev–Trinajstić information content (AvgIpc) is 2.33. The van der Waals surface area contributed by atoms with Gasteiger partial charge in [0.15, 0.2) is 11.5 Å². The van der Waals surface area contributed by atoms with Gasteiger partial charge in [0.05, 0.1) is 19.9 Å². The lowest BCUT2D eigenvalue weighted by Gasteiger charge is -2.05. The lowest BCUT2D eigenvalue weighted by atomic mass is 10.2. The number of nitrogens with zero attached hydrogens (tertiary/aromatic N) is 1. The summed E-state index contributed by atoms with van der Waals surface area (Å²) in [6, 6.07) is 4.74. The summed E-state index contributed by atoms with van der Waals surface area (Å²) in [6.45, 7) is 2.27. The number of phenolic OH excluding ortho intramolecular Hbond substituents is 1. The van der Waals surface area contributed by atoms with Crippen LogP contribution in [0.4, 0.5) is 4.79 Å². The number of hydrogen-bond donors (Lipinski definition) is 2. The number of benzene rings is 1. The number of nitrogens with one attached hydrogen (secondary N) is 1. The monoisotopic (exact) mass is 238 g/mol. The highest BCUT2D eigenvalue weighted by molar-refractivity contribution is 5.81. The van der Waals surface area contributed by atoms with Gasteiger partial charge in [0.25, 0.3) is 0 Å².